The van der Waals surface area contributed by atoms with Gasteiger partial charge in [-0.1, -0.05) is 18.2 Å². The minimum atomic E-state index is -0.416. The topological polar surface area (TPSA) is 74.8 Å². The van der Waals surface area contributed by atoms with Crippen molar-refractivity contribution in [1.29, 1.82) is 0 Å². The highest BCUT2D eigenvalue weighted by Gasteiger charge is 2.10. The van der Waals surface area contributed by atoms with Gasteiger partial charge in [0.25, 0.3) is 0 Å². The Morgan fingerprint density at radius 3 is 2.82 bits per heavy atom. The number of rotatable bonds is 3. The summed E-state index contributed by atoms with van der Waals surface area (Å²) in [6, 6.07) is 14.1. The molecule has 1 heterocycles. The van der Waals surface area contributed by atoms with E-state index in [2.05, 4.69) is 10.5 Å². The van der Waals surface area contributed by atoms with Gasteiger partial charge in [0.15, 0.2) is 5.76 Å². The molecule has 22 heavy (non-hydrogen) atoms. The van der Waals surface area contributed by atoms with E-state index < -0.39 is 5.91 Å². The fraction of sp³-hybridized carbons (Fsp3) is 0. The summed E-state index contributed by atoms with van der Waals surface area (Å²) in [4.78, 5) is 12.0. The number of halogens is 1. The highest BCUT2D eigenvalue weighted by atomic mass is 127. The highest BCUT2D eigenvalue weighted by Crippen LogP contribution is 2.20. The van der Waals surface area contributed by atoms with Crippen LogP contribution in [-0.2, 0) is 0 Å². The number of nitrogens with zero attached hydrogens (tertiary/aromatic N) is 1. The number of aromatic hydroxyl groups is 1. The lowest BCUT2D eigenvalue weighted by Gasteiger charge is -1.98. The van der Waals surface area contributed by atoms with Crippen LogP contribution in [0.5, 0.6) is 5.75 Å². The van der Waals surface area contributed by atoms with Crippen molar-refractivity contribution in [1.82, 2.24) is 5.43 Å². The predicted molar refractivity (Wildman–Crippen MR) is 92.1 cm³/mol. The van der Waals surface area contributed by atoms with Crippen molar-refractivity contribution in [2.24, 2.45) is 5.10 Å². The Labute approximate surface area is 139 Å². The maximum Gasteiger partial charge on any atom is 0.307 e. The SMILES string of the molecule is O=C(N/N=C/c1ccc(O)c(I)c1)c1cc2ccccc2o1. The zero-order valence-electron chi connectivity index (χ0n) is 11.3. The quantitative estimate of drug-likeness (QED) is 0.397. The number of hydrogen-bond acceptors (Lipinski definition) is 4. The number of benzene rings is 2. The number of hydrazone groups is 1. The Morgan fingerprint density at radius 1 is 1.23 bits per heavy atom. The number of phenols is 1. The number of nitrogens with one attached hydrogen (secondary N) is 1. The van der Waals surface area contributed by atoms with Gasteiger partial charge in [-0.05, 0) is 58.5 Å². The molecule has 0 aliphatic rings. The standard InChI is InChI=1S/C16H11IN2O3/c17-12-7-10(5-6-13(12)20)9-18-19-16(21)15-8-11-3-1-2-4-14(11)22-15/h1-9,20H,(H,19,21)/b18-9+. The molecule has 0 spiro atoms. The maximum atomic E-state index is 12.0. The fourth-order valence-corrected chi connectivity index (χ4v) is 2.46. The van der Waals surface area contributed by atoms with Crippen molar-refractivity contribution in [3.05, 3.63) is 63.4 Å². The number of amides is 1. The van der Waals surface area contributed by atoms with E-state index in [0.717, 1.165) is 10.9 Å². The second-order valence-electron chi connectivity index (χ2n) is 4.56. The molecule has 5 nitrogen and oxygen atoms in total. The van der Waals surface area contributed by atoms with Gasteiger partial charge in [-0.15, -0.1) is 0 Å². The van der Waals surface area contributed by atoms with E-state index in [9.17, 15) is 9.90 Å². The van der Waals surface area contributed by atoms with Crippen LogP contribution < -0.4 is 5.43 Å². The number of furan rings is 1. The van der Waals surface area contributed by atoms with Gasteiger partial charge in [-0.2, -0.15) is 5.10 Å². The molecule has 3 rings (SSSR count). The van der Waals surface area contributed by atoms with Crippen LogP contribution in [0.15, 0.2) is 58.0 Å². The molecule has 0 radical (unpaired) electrons. The van der Waals surface area contributed by atoms with E-state index in [0.29, 0.717) is 9.15 Å². The van der Waals surface area contributed by atoms with Crippen LogP contribution in [-0.4, -0.2) is 17.2 Å². The van der Waals surface area contributed by atoms with Gasteiger partial charge in [-0.25, -0.2) is 5.43 Å². The van der Waals surface area contributed by atoms with E-state index >= 15 is 0 Å². The van der Waals surface area contributed by atoms with Crippen molar-refractivity contribution in [2.45, 2.75) is 0 Å². The Hall–Kier alpha value is -2.35. The minimum Gasteiger partial charge on any atom is -0.507 e. The van der Waals surface area contributed by atoms with Gasteiger partial charge in [-0.3, -0.25) is 4.79 Å². The van der Waals surface area contributed by atoms with E-state index in [1.165, 1.54) is 6.21 Å². The zero-order valence-corrected chi connectivity index (χ0v) is 13.4. The molecular formula is C16H11IN2O3. The summed E-state index contributed by atoms with van der Waals surface area (Å²) in [5.41, 5.74) is 3.84. The highest BCUT2D eigenvalue weighted by molar-refractivity contribution is 14.1. The van der Waals surface area contributed by atoms with Crippen molar-refractivity contribution >= 4 is 45.7 Å². The van der Waals surface area contributed by atoms with Crippen LogP contribution >= 0.6 is 22.6 Å². The molecule has 110 valence electrons. The van der Waals surface area contributed by atoms with Crippen LogP contribution in [0.4, 0.5) is 0 Å². The Balaban J connectivity index is 1.71. The number of carbonyl (C=O) groups is 1. The van der Waals surface area contributed by atoms with Gasteiger partial charge in [0, 0.05) is 5.39 Å². The summed E-state index contributed by atoms with van der Waals surface area (Å²) < 4.78 is 6.16. The summed E-state index contributed by atoms with van der Waals surface area (Å²) in [5.74, 6) is 0.00335. The first-order valence-electron chi connectivity index (χ1n) is 6.44. The largest absolute Gasteiger partial charge is 0.507 e. The Kier molecular flexibility index (Phi) is 4.10. The molecular weight excluding hydrogens is 395 g/mol. The first kappa shape index (κ1) is 14.6. The molecule has 0 atom stereocenters. The number of phenolic OH excluding ortho intramolecular Hbond substituents is 1. The predicted octanol–water partition coefficient (Wildman–Crippen LogP) is 3.51. The van der Waals surface area contributed by atoms with Gasteiger partial charge in [0.1, 0.15) is 11.3 Å². The van der Waals surface area contributed by atoms with Crippen LogP contribution in [0, 0.1) is 3.57 Å². The maximum absolute atomic E-state index is 12.0. The molecule has 3 aromatic rings. The zero-order chi connectivity index (χ0) is 15.5. The summed E-state index contributed by atoms with van der Waals surface area (Å²) in [5, 5.41) is 14.2. The second-order valence-corrected chi connectivity index (χ2v) is 5.72. The van der Waals surface area contributed by atoms with E-state index in [1.807, 2.05) is 40.8 Å². The Bertz CT molecular complexity index is 838. The van der Waals surface area contributed by atoms with Crippen molar-refractivity contribution in [2.75, 3.05) is 0 Å². The van der Waals surface area contributed by atoms with Gasteiger partial charge in [0.05, 0.1) is 9.78 Å². The first-order valence-corrected chi connectivity index (χ1v) is 7.52. The van der Waals surface area contributed by atoms with Crippen LogP contribution in [0.2, 0.25) is 0 Å². The average Bonchev–Trinajstić information content (AvgIpc) is 2.95. The molecule has 6 heteroatoms. The number of fused-ring (bicyclic) bond motifs is 1. The molecule has 0 bridgehead atoms. The van der Waals surface area contributed by atoms with Gasteiger partial charge < -0.3 is 9.52 Å². The summed E-state index contributed by atoms with van der Waals surface area (Å²) in [7, 11) is 0. The van der Waals surface area contributed by atoms with E-state index in [1.54, 1.807) is 30.3 Å². The molecule has 2 aromatic carbocycles. The Morgan fingerprint density at radius 2 is 2.05 bits per heavy atom. The third kappa shape index (κ3) is 3.11. The summed E-state index contributed by atoms with van der Waals surface area (Å²) >= 11 is 2.02. The third-order valence-electron chi connectivity index (χ3n) is 3.00. The molecule has 2 N–H and O–H groups in total. The molecule has 1 aromatic heterocycles. The lowest BCUT2D eigenvalue weighted by atomic mass is 10.2. The molecule has 0 unspecified atom stereocenters. The van der Waals surface area contributed by atoms with Crippen molar-refractivity contribution in [3.63, 3.8) is 0 Å². The molecule has 0 aliphatic heterocycles. The molecule has 0 saturated heterocycles. The smallest absolute Gasteiger partial charge is 0.307 e. The number of carbonyl (C=O) groups excluding carboxylic acids is 1. The van der Waals surface area contributed by atoms with Crippen LogP contribution in [0.1, 0.15) is 16.1 Å². The normalized spacial score (nSPS) is 11.1. The second kappa shape index (κ2) is 6.18. The van der Waals surface area contributed by atoms with Crippen LogP contribution in [0.25, 0.3) is 11.0 Å². The molecule has 0 saturated carbocycles. The lowest BCUT2D eigenvalue weighted by Crippen LogP contribution is -2.16. The minimum absolute atomic E-state index is 0.207. The molecule has 1 amide bonds. The summed E-state index contributed by atoms with van der Waals surface area (Å²) in [6.07, 6.45) is 1.50. The van der Waals surface area contributed by atoms with E-state index in [4.69, 9.17) is 4.42 Å². The summed E-state index contributed by atoms with van der Waals surface area (Å²) in [6.45, 7) is 0. The number of hydrogen-bond donors (Lipinski definition) is 2. The monoisotopic (exact) mass is 406 g/mol. The van der Waals surface area contributed by atoms with Gasteiger partial charge in [0.2, 0.25) is 0 Å². The molecule has 0 aliphatic carbocycles. The van der Waals surface area contributed by atoms with Crippen LogP contribution in [0.3, 0.4) is 0 Å². The van der Waals surface area contributed by atoms with Crippen molar-refractivity contribution < 1.29 is 14.3 Å². The first-order chi connectivity index (χ1) is 10.6. The lowest BCUT2D eigenvalue weighted by molar-refractivity contribution is 0.0929. The fourth-order valence-electron chi connectivity index (χ4n) is 1.92. The van der Waals surface area contributed by atoms with Gasteiger partial charge >= 0.3 is 5.91 Å². The number of para-hydroxylation sites is 1. The third-order valence-corrected chi connectivity index (χ3v) is 3.86. The molecule has 0 fully saturated rings. The van der Waals surface area contributed by atoms with E-state index in [-0.39, 0.29) is 11.5 Å². The van der Waals surface area contributed by atoms with Crippen molar-refractivity contribution in [3.8, 4) is 5.75 Å². The average molecular weight is 406 g/mol.